The molecule has 0 saturated carbocycles. The van der Waals surface area contributed by atoms with Gasteiger partial charge in [-0.1, -0.05) is 15.9 Å². The number of hydrogen-bond acceptors (Lipinski definition) is 4. The van der Waals surface area contributed by atoms with E-state index in [1.54, 1.807) is 19.1 Å². The first kappa shape index (κ1) is 17.0. The number of pyridine rings is 1. The zero-order chi connectivity index (χ0) is 18.3. The average molecular weight is 427 g/mol. The number of methoxy groups -OCH3 is 1. The first-order valence-electron chi connectivity index (χ1n) is 7.97. The van der Waals surface area contributed by atoms with Gasteiger partial charge < -0.3 is 9.64 Å². The Balaban J connectivity index is 1.72. The zero-order valence-electron chi connectivity index (χ0n) is 14.2. The van der Waals surface area contributed by atoms with E-state index in [1.165, 1.54) is 11.3 Å². The van der Waals surface area contributed by atoms with E-state index < -0.39 is 0 Å². The number of amides is 1. The van der Waals surface area contributed by atoms with Crippen LogP contribution in [0.15, 0.2) is 59.1 Å². The number of carbonyl (C=O) groups is 1. The van der Waals surface area contributed by atoms with Crippen LogP contribution in [0.3, 0.4) is 0 Å². The van der Waals surface area contributed by atoms with Gasteiger partial charge in [0.2, 0.25) is 0 Å². The molecule has 0 N–H and O–H groups in total. The maximum absolute atomic E-state index is 12.9. The van der Waals surface area contributed by atoms with Crippen molar-refractivity contribution in [2.24, 2.45) is 0 Å². The van der Waals surface area contributed by atoms with Crippen LogP contribution in [0.25, 0.3) is 21.1 Å². The van der Waals surface area contributed by atoms with Crippen molar-refractivity contribution in [3.05, 3.63) is 63.9 Å². The maximum Gasteiger partial charge on any atom is 0.268 e. The van der Waals surface area contributed by atoms with E-state index in [1.807, 2.05) is 54.6 Å². The number of aromatic nitrogens is 1. The average Bonchev–Trinajstić information content (AvgIpc) is 3.07. The highest BCUT2D eigenvalue weighted by molar-refractivity contribution is 9.10. The molecule has 2 heterocycles. The summed E-state index contributed by atoms with van der Waals surface area (Å²) in [6.07, 6.45) is 0. The van der Waals surface area contributed by atoms with Crippen LogP contribution >= 0.6 is 27.3 Å². The second-order valence-corrected chi connectivity index (χ2v) is 7.84. The number of rotatable bonds is 3. The normalized spacial score (nSPS) is 11.0. The van der Waals surface area contributed by atoms with Crippen molar-refractivity contribution in [1.29, 1.82) is 0 Å². The van der Waals surface area contributed by atoms with Gasteiger partial charge in [-0.3, -0.25) is 4.79 Å². The highest BCUT2D eigenvalue weighted by Gasteiger charge is 2.17. The van der Waals surface area contributed by atoms with E-state index in [9.17, 15) is 4.79 Å². The minimum Gasteiger partial charge on any atom is -0.497 e. The van der Waals surface area contributed by atoms with Crippen molar-refractivity contribution in [1.82, 2.24) is 4.98 Å². The second kappa shape index (κ2) is 6.70. The number of anilines is 1. The lowest BCUT2D eigenvalue weighted by Crippen LogP contribution is -2.25. The van der Waals surface area contributed by atoms with E-state index in [-0.39, 0.29) is 5.91 Å². The Bertz CT molecular complexity index is 1120. The lowest BCUT2D eigenvalue weighted by atomic mass is 10.2. The third-order valence-electron chi connectivity index (χ3n) is 4.24. The van der Waals surface area contributed by atoms with Gasteiger partial charge in [0, 0.05) is 28.0 Å². The molecule has 2 aromatic heterocycles. The van der Waals surface area contributed by atoms with E-state index in [2.05, 4.69) is 20.9 Å². The van der Waals surface area contributed by atoms with Crippen LogP contribution in [0.5, 0.6) is 5.75 Å². The second-order valence-electron chi connectivity index (χ2n) is 5.89. The Morgan fingerprint density at radius 2 is 1.85 bits per heavy atom. The molecule has 0 spiro atoms. The van der Waals surface area contributed by atoms with Crippen molar-refractivity contribution < 1.29 is 9.53 Å². The number of nitrogens with zero attached hydrogens (tertiary/aromatic N) is 2. The first-order valence-corrected chi connectivity index (χ1v) is 9.58. The molecular weight excluding hydrogens is 412 g/mol. The summed E-state index contributed by atoms with van der Waals surface area (Å²) in [5.41, 5.74) is 1.74. The molecule has 130 valence electrons. The van der Waals surface area contributed by atoms with Crippen LogP contribution in [-0.2, 0) is 0 Å². The molecule has 6 heteroatoms. The summed E-state index contributed by atoms with van der Waals surface area (Å²) in [6.45, 7) is 0. The summed E-state index contributed by atoms with van der Waals surface area (Å²) >= 11 is 4.83. The molecule has 4 aromatic rings. The van der Waals surface area contributed by atoms with E-state index in [4.69, 9.17) is 4.74 Å². The fourth-order valence-corrected chi connectivity index (χ4v) is 4.06. The quantitative estimate of drug-likeness (QED) is 0.434. The van der Waals surface area contributed by atoms with Crippen LogP contribution in [0.1, 0.15) is 9.67 Å². The molecule has 0 aliphatic heterocycles. The number of ether oxygens (including phenoxy) is 1. The standard InChI is InChI=1S/C20H15BrN2O2S/c1-23(15-5-3-14(21)4-6-15)20(24)18-11-13-9-12-10-16(25-2)7-8-17(12)22-19(13)26-18/h3-11H,1-2H3. The Labute approximate surface area is 163 Å². The van der Waals surface area contributed by atoms with Gasteiger partial charge in [0.05, 0.1) is 17.5 Å². The predicted octanol–water partition coefficient (Wildman–Crippen LogP) is 5.50. The molecule has 0 fully saturated rings. The number of carbonyl (C=O) groups excluding carboxylic acids is 1. The molecule has 0 aliphatic rings. The molecule has 0 saturated heterocycles. The summed E-state index contributed by atoms with van der Waals surface area (Å²) in [5.74, 6) is 0.747. The molecule has 0 aliphatic carbocycles. The summed E-state index contributed by atoms with van der Waals surface area (Å²) in [5, 5.41) is 1.96. The largest absolute Gasteiger partial charge is 0.497 e. The van der Waals surface area contributed by atoms with Crippen LogP contribution in [-0.4, -0.2) is 25.0 Å². The molecule has 0 atom stereocenters. The van der Waals surface area contributed by atoms with E-state index >= 15 is 0 Å². The van der Waals surface area contributed by atoms with Gasteiger partial charge in [-0.05, 0) is 54.6 Å². The number of fused-ring (bicyclic) bond motifs is 2. The predicted molar refractivity (Wildman–Crippen MR) is 111 cm³/mol. The van der Waals surface area contributed by atoms with Crippen LogP contribution in [0.2, 0.25) is 0 Å². The Hall–Kier alpha value is -2.44. The van der Waals surface area contributed by atoms with Crippen molar-refractivity contribution in [2.45, 2.75) is 0 Å². The smallest absolute Gasteiger partial charge is 0.268 e. The van der Waals surface area contributed by atoms with Crippen molar-refractivity contribution in [3.63, 3.8) is 0 Å². The maximum atomic E-state index is 12.9. The van der Waals surface area contributed by atoms with E-state index in [0.717, 1.165) is 37.0 Å². The molecule has 2 aromatic carbocycles. The Morgan fingerprint density at radius 3 is 2.58 bits per heavy atom. The van der Waals surface area contributed by atoms with Gasteiger partial charge >= 0.3 is 0 Å². The fraction of sp³-hybridized carbons (Fsp3) is 0.100. The van der Waals surface area contributed by atoms with Crippen molar-refractivity contribution in [3.8, 4) is 5.75 Å². The van der Waals surface area contributed by atoms with Crippen LogP contribution in [0, 0.1) is 0 Å². The lowest BCUT2D eigenvalue weighted by molar-refractivity contribution is 0.0997. The van der Waals surface area contributed by atoms with E-state index in [0.29, 0.717) is 4.88 Å². The fourth-order valence-electron chi connectivity index (χ4n) is 2.79. The number of halogens is 1. The minimum atomic E-state index is -0.0445. The zero-order valence-corrected chi connectivity index (χ0v) is 16.6. The molecule has 4 rings (SSSR count). The molecular formula is C20H15BrN2O2S. The number of thiophene rings is 1. The minimum absolute atomic E-state index is 0.0445. The molecule has 0 bridgehead atoms. The van der Waals surface area contributed by atoms with Gasteiger partial charge in [-0.25, -0.2) is 4.98 Å². The summed E-state index contributed by atoms with van der Waals surface area (Å²) in [7, 11) is 3.43. The molecule has 26 heavy (non-hydrogen) atoms. The highest BCUT2D eigenvalue weighted by atomic mass is 79.9. The highest BCUT2D eigenvalue weighted by Crippen LogP contribution is 2.30. The number of benzene rings is 2. The van der Waals surface area contributed by atoms with Crippen molar-refractivity contribution in [2.75, 3.05) is 19.1 Å². The molecule has 0 unspecified atom stereocenters. The summed E-state index contributed by atoms with van der Waals surface area (Å²) in [6, 6.07) is 17.4. The third-order valence-corrected chi connectivity index (χ3v) is 5.80. The van der Waals surface area contributed by atoms with Gasteiger partial charge in [-0.2, -0.15) is 0 Å². The van der Waals surface area contributed by atoms with Crippen LogP contribution in [0.4, 0.5) is 5.69 Å². The first-order chi connectivity index (χ1) is 12.5. The number of hydrogen-bond donors (Lipinski definition) is 0. The SMILES string of the molecule is COc1ccc2nc3sc(C(=O)N(C)c4ccc(Br)cc4)cc3cc2c1. The molecule has 1 amide bonds. The van der Waals surface area contributed by atoms with Crippen molar-refractivity contribution >= 4 is 60.0 Å². The Kier molecular flexibility index (Phi) is 4.38. The lowest BCUT2D eigenvalue weighted by Gasteiger charge is -2.16. The molecule has 4 nitrogen and oxygen atoms in total. The summed E-state index contributed by atoms with van der Waals surface area (Å²) < 4.78 is 6.26. The third kappa shape index (κ3) is 3.06. The topological polar surface area (TPSA) is 42.4 Å². The van der Waals surface area contributed by atoms with Gasteiger partial charge in [-0.15, -0.1) is 11.3 Å². The Morgan fingerprint density at radius 1 is 1.08 bits per heavy atom. The molecule has 0 radical (unpaired) electrons. The summed E-state index contributed by atoms with van der Waals surface area (Å²) in [4.78, 5) is 20.7. The van der Waals surface area contributed by atoms with Gasteiger partial charge in [0.15, 0.2) is 0 Å². The van der Waals surface area contributed by atoms with Gasteiger partial charge in [0.1, 0.15) is 10.6 Å². The van der Waals surface area contributed by atoms with Crippen LogP contribution < -0.4 is 9.64 Å². The monoisotopic (exact) mass is 426 g/mol. The van der Waals surface area contributed by atoms with Gasteiger partial charge in [0.25, 0.3) is 5.91 Å².